The second kappa shape index (κ2) is 18.3. The fourth-order valence-corrected chi connectivity index (χ4v) is 11.7. The molecule has 8 heterocycles. The zero-order chi connectivity index (χ0) is 49.7. The quantitative estimate of drug-likeness (QED) is 0.0707. The van der Waals surface area contributed by atoms with Gasteiger partial charge in [0.05, 0.1) is 62.1 Å². The van der Waals surface area contributed by atoms with Crippen LogP contribution in [0.2, 0.25) is 0 Å². The molecule has 0 spiro atoms. The lowest BCUT2D eigenvalue weighted by molar-refractivity contribution is -0.0633. The molecule has 0 amide bonds. The SMILES string of the molecule is CSc1cc(C(O)(c2cc(-c3c(C)noc3C)cc3[nH]c(C4CC4)nc23)C2CCCO2)c(F)c(C)n1.Cc1nc(Br)cc(C(O)(c2cc(-c3c(C)noc3C)cc3[nH]c(C4CC4)nc23)C2CCCO2)c1F. The van der Waals surface area contributed by atoms with Crippen LogP contribution in [-0.4, -0.2) is 82.1 Å². The predicted octanol–water partition coefficient (Wildman–Crippen LogP) is 11.4. The van der Waals surface area contributed by atoms with Crippen LogP contribution in [0, 0.1) is 53.2 Å². The van der Waals surface area contributed by atoms with E-state index in [0.29, 0.717) is 81.2 Å². The molecule has 18 heteroatoms. The van der Waals surface area contributed by atoms with Crippen LogP contribution in [0.1, 0.15) is 131 Å². The molecule has 6 aromatic heterocycles. The molecule has 2 saturated heterocycles. The van der Waals surface area contributed by atoms with E-state index in [1.807, 2.05) is 58.2 Å². The number of aromatic nitrogens is 8. The average molecular weight is 1050 g/mol. The zero-order valence-electron chi connectivity index (χ0n) is 40.6. The number of aliphatic hydroxyl groups is 2. The largest absolute Gasteiger partial charge is 0.377 e. The molecule has 12 rings (SSSR count). The van der Waals surface area contributed by atoms with E-state index in [1.165, 1.54) is 11.8 Å². The minimum Gasteiger partial charge on any atom is -0.377 e. The Balaban J connectivity index is 0.000000154. The summed E-state index contributed by atoms with van der Waals surface area (Å²) in [6, 6.07) is 11.0. The van der Waals surface area contributed by atoms with Crippen molar-refractivity contribution in [1.82, 2.24) is 40.2 Å². The van der Waals surface area contributed by atoms with Crippen molar-refractivity contribution in [2.24, 2.45) is 0 Å². The van der Waals surface area contributed by atoms with Crippen molar-refractivity contribution in [3.63, 3.8) is 0 Å². The number of H-pyrrole nitrogens is 2. The van der Waals surface area contributed by atoms with Crippen molar-refractivity contribution < 1.29 is 37.5 Å². The van der Waals surface area contributed by atoms with Gasteiger partial charge in [-0.15, -0.1) is 11.8 Å². The van der Waals surface area contributed by atoms with Crippen LogP contribution in [-0.2, 0) is 20.7 Å². The Hall–Kier alpha value is -5.37. The molecule has 4 N–H and O–H groups in total. The van der Waals surface area contributed by atoms with Gasteiger partial charge >= 0.3 is 0 Å². The number of benzene rings is 2. The highest BCUT2D eigenvalue weighted by molar-refractivity contribution is 9.10. The van der Waals surface area contributed by atoms with Gasteiger partial charge in [-0.25, -0.2) is 28.7 Å². The summed E-state index contributed by atoms with van der Waals surface area (Å²) in [4.78, 5) is 25.4. The molecule has 8 aromatic rings. The number of halogens is 3. The maximum absolute atomic E-state index is 15.9. The molecule has 4 unspecified atom stereocenters. The number of ether oxygens (including phenoxy) is 2. The molecule has 71 heavy (non-hydrogen) atoms. The van der Waals surface area contributed by atoms with E-state index >= 15 is 8.78 Å². The lowest BCUT2D eigenvalue weighted by Gasteiger charge is -2.35. The minimum atomic E-state index is -1.79. The number of nitrogens with zero attached hydrogens (tertiary/aromatic N) is 6. The topological polar surface area (TPSA) is 194 Å². The van der Waals surface area contributed by atoms with E-state index in [0.717, 1.165) is 94.8 Å². The van der Waals surface area contributed by atoms with Gasteiger partial charge in [-0.3, -0.25) is 0 Å². The van der Waals surface area contributed by atoms with Gasteiger partial charge in [0.15, 0.2) is 11.6 Å². The third-order valence-corrected chi connectivity index (χ3v) is 15.7. The summed E-state index contributed by atoms with van der Waals surface area (Å²) in [6.07, 6.45) is 7.68. The van der Waals surface area contributed by atoms with Crippen molar-refractivity contribution in [2.45, 2.75) is 133 Å². The Morgan fingerprint density at radius 3 is 1.44 bits per heavy atom. The first-order valence-corrected chi connectivity index (χ1v) is 26.3. The molecule has 2 aromatic carbocycles. The highest BCUT2D eigenvalue weighted by atomic mass is 79.9. The van der Waals surface area contributed by atoms with Crippen molar-refractivity contribution >= 4 is 49.8 Å². The molecule has 0 radical (unpaired) electrons. The summed E-state index contributed by atoms with van der Waals surface area (Å²) < 4.78 is 55.0. The monoisotopic (exact) mass is 1050 g/mol. The van der Waals surface area contributed by atoms with Crippen LogP contribution in [0.5, 0.6) is 0 Å². The fourth-order valence-electron chi connectivity index (χ4n) is 10.7. The maximum Gasteiger partial charge on any atom is 0.151 e. The van der Waals surface area contributed by atoms with Gasteiger partial charge in [0.1, 0.15) is 39.0 Å². The average Bonchev–Trinajstić information content (AvgIpc) is 3.86. The third-order valence-electron chi connectivity index (χ3n) is 14.6. The number of aromatic amines is 2. The first-order chi connectivity index (χ1) is 34.1. The van der Waals surface area contributed by atoms with E-state index < -0.39 is 35.0 Å². The first kappa shape index (κ1) is 47.9. The van der Waals surface area contributed by atoms with Crippen molar-refractivity contribution in [2.75, 3.05) is 19.5 Å². The Morgan fingerprint density at radius 2 is 1.04 bits per heavy atom. The normalized spacial score (nSPS) is 19.9. The highest BCUT2D eigenvalue weighted by Crippen LogP contribution is 2.49. The molecule has 4 atom stereocenters. The first-order valence-electron chi connectivity index (χ1n) is 24.3. The van der Waals surface area contributed by atoms with E-state index in [9.17, 15) is 10.2 Å². The number of hydrogen-bond donors (Lipinski definition) is 4. The molecular weight excluding hydrogens is 995 g/mol. The number of nitrogens with one attached hydrogen (secondary N) is 2. The van der Waals surface area contributed by atoms with Crippen molar-refractivity contribution in [3.05, 3.63) is 121 Å². The number of aryl methyl sites for hydroxylation is 6. The summed E-state index contributed by atoms with van der Waals surface area (Å²) in [5, 5.41) is 34.2. The lowest BCUT2D eigenvalue weighted by atomic mass is 9.78. The van der Waals surface area contributed by atoms with Crippen LogP contribution in [0.3, 0.4) is 0 Å². The number of thioether (sulfide) groups is 1. The van der Waals surface area contributed by atoms with Crippen LogP contribution < -0.4 is 0 Å². The summed E-state index contributed by atoms with van der Waals surface area (Å²) in [7, 11) is 0. The summed E-state index contributed by atoms with van der Waals surface area (Å²) >= 11 is 4.81. The summed E-state index contributed by atoms with van der Waals surface area (Å²) in [5.74, 6) is 2.81. The Bertz CT molecular complexity index is 3330. The maximum atomic E-state index is 15.9. The minimum absolute atomic E-state index is 0.122. The van der Waals surface area contributed by atoms with Crippen LogP contribution in [0.25, 0.3) is 44.3 Å². The fraction of sp³-hybridized carbons (Fsp3) is 0.434. The van der Waals surface area contributed by atoms with Crippen LogP contribution in [0.15, 0.2) is 55.1 Å². The number of rotatable bonds is 11. The smallest absolute Gasteiger partial charge is 0.151 e. The Labute approximate surface area is 421 Å². The van der Waals surface area contributed by atoms with Gasteiger partial charge in [-0.2, -0.15) is 0 Å². The molecule has 2 aliphatic carbocycles. The van der Waals surface area contributed by atoms with E-state index in [1.54, 1.807) is 26.0 Å². The molecule has 4 aliphatic rings. The predicted molar refractivity (Wildman–Crippen MR) is 267 cm³/mol. The van der Waals surface area contributed by atoms with Gasteiger partial charge in [-0.1, -0.05) is 10.3 Å². The van der Waals surface area contributed by atoms with Gasteiger partial charge in [0.25, 0.3) is 0 Å². The van der Waals surface area contributed by atoms with Crippen LogP contribution >= 0.6 is 27.7 Å². The van der Waals surface area contributed by atoms with E-state index in [-0.39, 0.29) is 22.5 Å². The molecule has 0 bridgehead atoms. The van der Waals surface area contributed by atoms with Gasteiger partial charge < -0.3 is 38.7 Å². The van der Waals surface area contributed by atoms with Gasteiger partial charge in [0.2, 0.25) is 0 Å². The molecular formula is C53H55BrF2N8O6S. The number of fused-ring (bicyclic) bond motifs is 2. The summed E-state index contributed by atoms with van der Waals surface area (Å²) in [5.41, 5.74) is 5.82. The molecule has 14 nitrogen and oxygen atoms in total. The highest BCUT2D eigenvalue weighted by Gasteiger charge is 2.49. The van der Waals surface area contributed by atoms with Gasteiger partial charge in [0, 0.05) is 58.4 Å². The Morgan fingerprint density at radius 1 is 0.592 bits per heavy atom. The van der Waals surface area contributed by atoms with E-state index in [2.05, 4.69) is 46.2 Å². The number of pyridine rings is 2. The molecule has 2 saturated carbocycles. The van der Waals surface area contributed by atoms with Crippen molar-refractivity contribution in [3.8, 4) is 22.3 Å². The summed E-state index contributed by atoms with van der Waals surface area (Å²) in [6.45, 7) is 11.7. The van der Waals surface area contributed by atoms with E-state index in [4.69, 9.17) is 28.5 Å². The Kier molecular flexibility index (Phi) is 12.3. The zero-order valence-corrected chi connectivity index (χ0v) is 43.0. The molecule has 2 aliphatic heterocycles. The second-order valence-corrected chi connectivity index (χ2v) is 21.2. The number of hydrogen-bond acceptors (Lipinski definition) is 13. The standard InChI is InChI=1S/C27H29FN4O3S.C26H26BrFN4O3/c1-13-23(15(3)35-32-13)17-10-19(25-20(11-17)30-26(31-25)16-7-8-16)27(33,21-6-5-9-34-21)18-12-22(36-4)29-14(2)24(18)28;1-12-22(14(3)35-32-12)16-9-18(24-19(10-16)30-25(31-24)15-6-7-15)26(33,20-5-4-8-34-20)17-11-21(27)29-13(2)23(17)28/h10-12,16,21,33H,5-9H2,1-4H3,(H,30,31);9-11,15,20,33H,4-8H2,1-3H3,(H,30,31). The van der Waals surface area contributed by atoms with Gasteiger partial charge in [-0.05, 0) is 163 Å². The van der Waals surface area contributed by atoms with Crippen LogP contribution in [0.4, 0.5) is 8.78 Å². The third kappa shape index (κ3) is 8.31. The van der Waals surface area contributed by atoms with Crippen molar-refractivity contribution in [1.29, 1.82) is 0 Å². The lowest BCUT2D eigenvalue weighted by Crippen LogP contribution is -2.41. The molecule has 370 valence electrons. The number of imidazole rings is 2. The second-order valence-electron chi connectivity index (χ2n) is 19.6. The molecule has 4 fully saturated rings.